The van der Waals surface area contributed by atoms with Crippen LogP contribution < -0.4 is 0 Å². The van der Waals surface area contributed by atoms with E-state index in [1.807, 2.05) is 0 Å². The van der Waals surface area contributed by atoms with Crippen LogP contribution in [0, 0.1) is 0 Å². The molecule has 0 atom stereocenters. The molecule has 0 aliphatic rings. The van der Waals surface area contributed by atoms with Crippen LogP contribution in [0.15, 0.2) is 12.2 Å². The molecule has 0 aliphatic heterocycles. The van der Waals surface area contributed by atoms with Gasteiger partial charge in [-0.05, 0) is 13.3 Å². The first-order valence-corrected chi connectivity index (χ1v) is 3.51. The number of ether oxygens (including phenoxy) is 1. The molecule has 0 saturated heterocycles. The van der Waals surface area contributed by atoms with Crippen LogP contribution in [0.5, 0.6) is 0 Å². The molecule has 0 rings (SSSR count). The highest BCUT2D eigenvalue weighted by Gasteiger charge is 2.05. The molecule has 0 aromatic heterocycles. The highest BCUT2D eigenvalue weighted by molar-refractivity contribution is 5.87. The van der Waals surface area contributed by atoms with E-state index in [9.17, 15) is 9.59 Å². The first-order valence-electron chi connectivity index (χ1n) is 3.51. The van der Waals surface area contributed by atoms with E-state index < -0.39 is 5.97 Å². The number of rotatable bonds is 5. The van der Waals surface area contributed by atoms with Gasteiger partial charge in [0, 0.05) is 12.0 Å². The predicted octanol–water partition coefficient (Wildman–Crippen LogP) is 1.08. The molecule has 0 aliphatic carbocycles. The molecule has 0 aromatic carbocycles. The van der Waals surface area contributed by atoms with Crippen molar-refractivity contribution in [3.8, 4) is 0 Å². The van der Waals surface area contributed by atoms with Crippen molar-refractivity contribution >= 4 is 12.3 Å². The summed E-state index contributed by atoms with van der Waals surface area (Å²) in [6.07, 6.45) is 1.48. The highest BCUT2D eigenvalue weighted by Crippen LogP contribution is 2.02. The third kappa shape index (κ3) is 4.31. The van der Waals surface area contributed by atoms with E-state index in [1.165, 1.54) is 0 Å². The van der Waals surface area contributed by atoms with Crippen LogP contribution in [-0.2, 0) is 14.3 Å². The number of esters is 1. The maximum Gasteiger partial charge on any atom is 0.333 e. The fourth-order valence-corrected chi connectivity index (χ4v) is 0.568. The van der Waals surface area contributed by atoms with E-state index >= 15 is 0 Å². The van der Waals surface area contributed by atoms with Crippen LogP contribution in [0.1, 0.15) is 19.8 Å². The van der Waals surface area contributed by atoms with Crippen LogP contribution in [-0.4, -0.2) is 18.9 Å². The van der Waals surface area contributed by atoms with Gasteiger partial charge in [-0.25, -0.2) is 4.79 Å². The van der Waals surface area contributed by atoms with E-state index in [1.54, 1.807) is 6.92 Å². The van der Waals surface area contributed by atoms with Crippen molar-refractivity contribution in [3.63, 3.8) is 0 Å². The minimum Gasteiger partial charge on any atom is -0.463 e. The summed E-state index contributed by atoms with van der Waals surface area (Å²) >= 11 is 0. The first kappa shape index (κ1) is 9.88. The summed E-state index contributed by atoms with van der Waals surface area (Å²) in [6, 6.07) is 0. The molecule has 3 heteroatoms. The fraction of sp³-hybridized carbons (Fsp3) is 0.500. The van der Waals surface area contributed by atoms with Crippen LogP contribution in [0.2, 0.25) is 0 Å². The van der Waals surface area contributed by atoms with Crippen molar-refractivity contribution in [1.82, 2.24) is 0 Å². The van der Waals surface area contributed by atoms with E-state index in [0.717, 1.165) is 6.29 Å². The summed E-state index contributed by atoms with van der Waals surface area (Å²) < 4.78 is 4.65. The minimum atomic E-state index is -0.408. The van der Waals surface area contributed by atoms with Gasteiger partial charge in [-0.2, -0.15) is 0 Å². The summed E-state index contributed by atoms with van der Waals surface area (Å²) in [4.78, 5) is 20.7. The highest BCUT2D eigenvalue weighted by atomic mass is 16.5. The van der Waals surface area contributed by atoms with E-state index in [4.69, 9.17) is 0 Å². The maximum atomic E-state index is 10.8. The second-order valence-electron chi connectivity index (χ2n) is 2.03. The molecule has 3 nitrogen and oxygen atoms in total. The zero-order valence-corrected chi connectivity index (χ0v) is 6.63. The summed E-state index contributed by atoms with van der Waals surface area (Å²) in [5.41, 5.74) is 0.360. The van der Waals surface area contributed by atoms with Crippen LogP contribution in [0.3, 0.4) is 0 Å². The summed E-state index contributed by atoms with van der Waals surface area (Å²) in [6.45, 7) is 5.55. The van der Waals surface area contributed by atoms with Crippen molar-refractivity contribution in [2.24, 2.45) is 0 Å². The van der Waals surface area contributed by atoms with Crippen molar-refractivity contribution in [3.05, 3.63) is 12.2 Å². The normalized spacial score (nSPS) is 8.82. The fourth-order valence-electron chi connectivity index (χ4n) is 0.568. The van der Waals surface area contributed by atoms with Gasteiger partial charge in [-0.15, -0.1) is 0 Å². The number of aldehydes is 1. The molecule has 0 bridgehead atoms. The third-order valence-electron chi connectivity index (χ3n) is 1.13. The van der Waals surface area contributed by atoms with E-state index in [-0.39, 0.29) is 0 Å². The van der Waals surface area contributed by atoms with Gasteiger partial charge in [0.1, 0.15) is 6.29 Å². The topological polar surface area (TPSA) is 43.4 Å². The molecule has 62 valence electrons. The van der Waals surface area contributed by atoms with Gasteiger partial charge in [-0.1, -0.05) is 6.58 Å². The summed E-state index contributed by atoms with van der Waals surface area (Å²) in [5.74, 6) is -0.408. The number of carbonyl (C=O) groups excluding carboxylic acids is 2. The third-order valence-corrected chi connectivity index (χ3v) is 1.13. The average Bonchev–Trinajstić information content (AvgIpc) is 2.00. The summed E-state index contributed by atoms with van der Waals surface area (Å²) in [5, 5.41) is 0. The Morgan fingerprint density at radius 1 is 1.64 bits per heavy atom. The lowest BCUT2D eigenvalue weighted by Crippen LogP contribution is -2.06. The SMILES string of the molecule is C=C(CCC=O)C(=O)OCC. The zero-order valence-electron chi connectivity index (χ0n) is 6.63. The van der Waals surface area contributed by atoms with Crippen LogP contribution >= 0.6 is 0 Å². The Labute approximate surface area is 66.0 Å². The molecule has 0 unspecified atom stereocenters. The molecule has 0 radical (unpaired) electrons. The molecule has 0 fully saturated rings. The number of hydrogen-bond donors (Lipinski definition) is 0. The Kier molecular flexibility index (Phi) is 5.07. The molecule has 11 heavy (non-hydrogen) atoms. The van der Waals surface area contributed by atoms with Crippen molar-refractivity contribution < 1.29 is 14.3 Å². The van der Waals surface area contributed by atoms with Gasteiger partial charge in [0.05, 0.1) is 6.61 Å². The second-order valence-corrected chi connectivity index (χ2v) is 2.03. The number of hydrogen-bond acceptors (Lipinski definition) is 3. The molecule has 0 heterocycles. The lowest BCUT2D eigenvalue weighted by Gasteiger charge is -2.01. The Morgan fingerprint density at radius 2 is 2.27 bits per heavy atom. The Hall–Kier alpha value is -1.12. The average molecular weight is 156 g/mol. The standard InChI is InChI=1S/C8H12O3/c1-3-11-8(10)7(2)5-4-6-9/h6H,2-5H2,1H3. The lowest BCUT2D eigenvalue weighted by atomic mass is 10.2. The second kappa shape index (κ2) is 5.65. The molecule has 0 saturated carbocycles. The molecule has 0 N–H and O–H groups in total. The smallest absolute Gasteiger partial charge is 0.333 e. The minimum absolute atomic E-state index is 0.331. The Morgan fingerprint density at radius 3 is 2.73 bits per heavy atom. The number of carbonyl (C=O) groups is 2. The zero-order chi connectivity index (χ0) is 8.69. The van der Waals surface area contributed by atoms with Crippen LogP contribution in [0.4, 0.5) is 0 Å². The van der Waals surface area contributed by atoms with Gasteiger partial charge in [0.25, 0.3) is 0 Å². The molecule has 0 spiro atoms. The van der Waals surface area contributed by atoms with Gasteiger partial charge < -0.3 is 9.53 Å². The quantitative estimate of drug-likeness (QED) is 0.340. The van der Waals surface area contributed by atoms with Gasteiger partial charge in [0.15, 0.2) is 0 Å². The summed E-state index contributed by atoms with van der Waals surface area (Å²) in [7, 11) is 0. The van der Waals surface area contributed by atoms with E-state index in [2.05, 4.69) is 11.3 Å². The Bertz CT molecular complexity index is 161. The largest absolute Gasteiger partial charge is 0.463 e. The maximum absolute atomic E-state index is 10.8. The molecular weight excluding hydrogens is 144 g/mol. The van der Waals surface area contributed by atoms with E-state index in [0.29, 0.717) is 25.0 Å². The Balaban J connectivity index is 3.64. The monoisotopic (exact) mass is 156 g/mol. The molecular formula is C8H12O3. The van der Waals surface area contributed by atoms with Crippen molar-refractivity contribution in [2.45, 2.75) is 19.8 Å². The molecule has 0 aromatic rings. The van der Waals surface area contributed by atoms with Crippen molar-refractivity contribution in [1.29, 1.82) is 0 Å². The van der Waals surface area contributed by atoms with Crippen molar-refractivity contribution in [2.75, 3.05) is 6.61 Å². The van der Waals surface area contributed by atoms with Gasteiger partial charge in [0.2, 0.25) is 0 Å². The first-order chi connectivity index (χ1) is 5.22. The lowest BCUT2D eigenvalue weighted by molar-refractivity contribution is -0.138. The van der Waals surface area contributed by atoms with Gasteiger partial charge in [-0.3, -0.25) is 0 Å². The van der Waals surface area contributed by atoms with Gasteiger partial charge >= 0.3 is 5.97 Å². The van der Waals surface area contributed by atoms with Crippen LogP contribution in [0.25, 0.3) is 0 Å². The molecule has 0 amide bonds. The predicted molar refractivity (Wildman–Crippen MR) is 41.1 cm³/mol.